The lowest BCUT2D eigenvalue weighted by Crippen LogP contribution is -2.39. The molecule has 2 aromatic carbocycles. The number of aldehydes is 1. The van der Waals surface area contributed by atoms with Crippen LogP contribution in [0.5, 0.6) is 5.75 Å². The van der Waals surface area contributed by atoms with E-state index in [9.17, 15) is 18.7 Å². The number of nitrogens with one attached hydrogen (secondary N) is 1. The van der Waals surface area contributed by atoms with E-state index in [1.165, 1.54) is 12.1 Å². The number of hydrogen-bond acceptors (Lipinski definition) is 7. The minimum absolute atomic E-state index is 0.0890. The van der Waals surface area contributed by atoms with E-state index in [-0.39, 0.29) is 17.9 Å². The molecule has 1 fully saturated rings. The van der Waals surface area contributed by atoms with Crippen LogP contribution in [-0.4, -0.2) is 52.1 Å². The monoisotopic (exact) mass is 454 g/mol. The Morgan fingerprint density at radius 3 is 2.21 bits per heavy atom. The number of likely N-dealkylation sites (tertiary alicyclic amines) is 1. The second-order valence-electron chi connectivity index (χ2n) is 7.79. The Labute approximate surface area is 190 Å². The largest absolute Gasteiger partial charge is 0.435 e. The molecule has 1 saturated heterocycles. The van der Waals surface area contributed by atoms with Gasteiger partial charge in [0.25, 0.3) is 0 Å². The molecule has 9 heteroatoms. The Balaban J connectivity index is 1.38. The SMILES string of the molecule is O=CC(c1ccc(Nc2ncc(-c3ccc(OC(F)F)cc3)cn2)cc1)N1CCC(O)CC1. The van der Waals surface area contributed by atoms with Gasteiger partial charge in [-0.2, -0.15) is 8.78 Å². The molecule has 1 aliphatic rings. The second kappa shape index (κ2) is 10.5. The fourth-order valence-electron chi connectivity index (χ4n) is 3.80. The third-order valence-corrected chi connectivity index (χ3v) is 5.59. The molecule has 172 valence electrons. The predicted octanol–water partition coefficient (Wildman–Crippen LogP) is 4.19. The lowest BCUT2D eigenvalue weighted by atomic mass is 10.0. The number of aliphatic hydroxyl groups is 1. The van der Waals surface area contributed by atoms with Crippen molar-refractivity contribution >= 4 is 17.9 Å². The van der Waals surface area contributed by atoms with Crippen LogP contribution in [0.15, 0.2) is 60.9 Å². The maximum atomic E-state index is 12.3. The lowest BCUT2D eigenvalue weighted by molar-refractivity contribution is -0.113. The highest BCUT2D eigenvalue weighted by Gasteiger charge is 2.24. The van der Waals surface area contributed by atoms with Crippen LogP contribution in [0.4, 0.5) is 20.4 Å². The number of halogens is 2. The Bertz CT molecular complexity index is 1040. The number of ether oxygens (including phenoxy) is 1. The highest BCUT2D eigenvalue weighted by molar-refractivity contribution is 5.65. The standard InChI is InChI=1S/C24H24F2N4O3/c25-23(26)33-21-7-3-16(4-8-21)18-13-27-24(28-14-18)29-19-5-1-17(2-6-19)22(15-31)30-11-9-20(32)10-12-30/h1-8,13-15,20,22-23,32H,9-12H2,(H,27,28,29). The maximum Gasteiger partial charge on any atom is 0.387 e. The van der Waals surface area contributed by atoms with Crippen molar-refractivity contribution in [1.29, 1.82) is 0 Å². The van der Waals surface area contributed by atoms with Gasteiger partial charge in [0, 0.05) is 36.7 Å². The molecule has 33 heavy (non-hydrogen) atoms. The maximum absolute atomic E-state index is 12.3. The fraction of sp³-hybridized carbons (Fsp3) is 0.292. The number of rotatable bonds is 8. The van der Waals surface area contributed by atoms with Crippen molar-refractivity contribution in [2.24, 2.45) is 0 Å². The fourth-order valence-corrected chi connectivity index (χ4v) is 3.80. The molecule has 2 heterocycles. The van der Waals surface area contributed by atoms with Gasteiger partial charge in [-0.15, -0.1) is 0 Å². The molecule has 1 unspecified atom stereocenters. The van der Waals surface area contributed by atoms with E-state index in [1.54, 1.807) is 24.5 Å². The van der Waals surface area contributed by atoms with Crippen LogP contribution in [0, 0.1) is 0 Å². The minimum atomic E-state index is -2.86. The Morgan fingerprint density at radius 2 is 1.64 bits per heavy atom. The highest BCUT2D eigenvalue weighted by Crippen LogP contribution is 2.26. The van der Waals surface area contributed by atoms with Crippen molar-refractivity contribution < 1.29 is 23.4 Å². The summed E-state index contributed by atoms with van der Waals surface area (Å²) in [6, 6.07) is 13.4. The number of carbonyl (C=O) groups excluding carboxylic acids is 1. The number of aromatic nitrogens is 2. The van der Waals surface area contributed by atoms with E-state index in [4.69, 9.17) is 0 Å². The van der Waals surface area contributed by atoms with Gasteiger partial charge in [0.1, 0.15) is 12.0 Å². The van der Waals surface area contributed by atoms with E-state index in [2.05, 4.69) is 24.9 Å². The molecule has 0 radical (unpaired) electrons. The Kier molecular flexibility index (Phi) is 7.21. The summed E-state index contributed by atoms with van der Waals surface area (Å²) in [5.74, 6) is 0.493. The predicted molar refractivity (Wildman–Crippen MR) is 119 cm³/mol. The van der Waals surface area contributed by atoms with Gasteiger partial charge in [-0.1, -0.05) is 24.3 Å². The first-order chi connectivity index (χ1) is 16.0. The molecule has 4 rings (SSSR count). The number of nitrogens with zero attached hydrogens (tertiary/aromatic N) is 3. The van der Waals surface area contributed by atoms with Gasteiger partial charge in [-0.3, -0.25) is 4.90 Å². The molecule has 3 aromatic rings. The average Bonchev–Trinajstić information content (AvgIpc) is 2.82. The average molecular weight is 454 g/mol. The van der Waals surface area contributed by atoms with Crippen LogP contribution in [0.1, 0.15) is 24.4 Å². The van der Waals surface area contributed by atoms with Crippen molar-refractivity contribution in [3.05, 3.63) is 66.5 Å². The van der Waals surface area contributed by atoms with E-state index >= 15 is 0 Å². The summed E-state index contributed by atoms with van der Waals surface area (Å²) in [6.07, 6.45) is 5.27. The summed E-state index contributed by atoms with van der Waals surface area (Å²) in [7, 11) is 0. The number of hydrogen-bond donors (Lipinski definition) is 2. The van der Waals surface area contributed by atoms with Gasteiger partial charge in [0.15, 0.2) is 0 Å². The van der Waals surface area contributed by atoms with Crippen molar-refractivity contribution in [3.63, 3.8) is 0 Å². The van der Waals surface area contributed by atoms with Crippen molar-refractivity contribution in [2.75, 3.05) is 18.4 Å². The summed E-state index contributed by atoms with van der Waals surface area (Å²) in [4.78, 5) is 22.4. The van der Waals surface area contributed by atoms with Crippen molar-refractivity contribution in [2.45, 2.75) is 31.6 Å². The van der Waals surface area contributed by atoms with Gasteiger partial charge in [-0.25, -0.2) is 9.97 Å². The van der Waals surface area contributed by atoms with E-state index < -0.39 is 6.61 Å². The van der Waals surface area contributed by atoms with Gasteiger partial charge in [0.2, 0.25) is 5.95 Å². The number of alkyl halides is 2. The number of carbonyl (C=O) groups is 1. The van der Waals surface area contributed by atoms with E-state index in [0.717, 1.165) is 28.7 Å². The zero-order chi connectivity index (χ0) is 23.2. The zero-order valence-corrected chi connectivity index (χ0v) is 17.8. The quantitative estimate of drug-likeness (QED) is 0.494. The molecular formula is C24H24F2N4O3. The Hall–Kier alpha value is -3.43. The molecule has 1 aliphatic heterocycles. The zero-order valence-electron chi connectivity index (χ0n) is 17.8. The van der Waals surface area contributed by atoms with Gasteiger partial charge in [-0.05, 0) is 48.2 Å². The molecule has 0 bridgehead atoms. The molecule has 0 aliphatic carbocycles. The van der Waals surface area contributed by atoms with Gasteiger partial charge < -0.3 is 20.0 Å². The van der Waals surface area contributed by atoms with Crippen molar-refractivity contribution in [3.8, 4) is 16.9 Å². The van der Waals surface area contributed by atoms with Crippen LogP contribution < -0.4 is 10.1 Å². The molecule has 1 aromatic heterocycles. The smallest absolute Gasteiger partial charge is 0.387 e. The first kappa shape index (κ1) is 22.8. The summed E-state index contributed by atoms with van der Waals surface area (Å²) >= 11 is 0. The second-order valence-corrected chi connectivity index (χ2v) is 7.79. The summed E-state index contributed by atoms with van der Waals surface area (Å²) in [6.45, 7) is -1.49. The molecule has 0 saturated carbocycles. The molecule has 7 nitrogen and oxygen atoms in total. The van der Waals surface area contributed by atoms with E-state index in [0.29, 0.717) is 31.9 Å². The lowest BCUT2D eigenvalue weighted by Gasteiger charge is -2.33. The van der Waals surface area contributed by atoms with Crippen LogP contribution in [0.3, 0.4) is 0 Å². The number of aliphatic hydroxyl groups excluding tert-OH is 1. The van der Waals surface area contributed by atoms with Gasteiger partial charge in [0.05, 0.1) is 12.1 Å². The third-order valence-electron chi connectivity index (χ3n) is 5.59. The van der Waals surface area contributed by atoms with Gasteiger partial charge >= 0.3 is 6.61 Å². The summed E-state index contributed by atoms with van der Waals surface area (Å²) < 4.78 is 28.9. The molecule has 0 spiro atoms. The third kappa shape index (κ3) is 5.88. The van der Waals surface area contributed by atoms with Crippen LogP contribution in [0.2, 0.25) is 0 Å². The minimum Gasteiger partial charge on any atom is -0.435 e. The van der Waals surface area contributed by atoms with Crippen LogP contribution in [-0.2, 0) is 4.79 Å². The number of piperidine rings is 1. The summed E-state index contributed by atoms with van der Waals surface area (Å²) in [5.41, 5.74) is 3.18. The first-order valence-electron chi connectivity index (χ1n) is 10.6. The Morgan fingerprint density at radius 1 is 1.00 bits per heavy atom. The van der Waals surface area contributed by atoms with Crippen LogP contribution >= 0.6 is 0 Å². The number of benzene rings is 2. The number of anilines is 2. The molecular weight excluding hydrogens is 430 g/mol. The molecule has 2 N–H and O–H groups in total. The van der Waals surface area contributed by atoms with E-state index in [1.807, 2.05) is 24.3 Å². The highest BCUT2D eigenvalue weighted by atomic mass is 19.3. The van der Waals surface area contributed by atoms with Crippen LogP contribution in [0.25, 0.3) is 11.1 Å². The normalized spacial score (nSPS) is 15.9. The molecule has 1 atom stereocenters. The topological polar surface area (TPSA) is 87.6 Å². The summed E-state index contributed by atoms with van der Waals surface area (Å²) in [5, 5.41) is 12.8. The van der Waals surface area contributed by atoms with Crippen molar-refractivity contribution in [1.82, 2.24) is 14.9 Å². The molecule has 0 amide bonds. The first-order valence-corrected chi connectivity index (χ1v) is 10.6.